The zero-order valence-electron chi connectivity index (χ0n) is 15.7. The number of ether oxygens (including phenoxy) is 1. The molecule has 28 heavy (non-hydrogen) atoms. The minimum absolute atomic E-state index is 0.102. The average molecular weight is 411 g/mol. The summed E-state index contributed by atoms with van der Waals surface area (Å²) in [6.07, 6.45) is -4.71. The van der Waals surface area contributed by atoms with Crippen LogP contribution in [0.1, 0.15) is 24.5 Å². The van der Waals surface area contributed by atoms with E-state index in [2.05, 4.69) is 0 Å². The van der Waals surface area contributed by atoms with Crippen molar-refractivity contribution < 1.29 is 22.7 Å². The van der Waals surface area contributed by atoms with Gasteiger partial charge in [-0.2, -0.15) is 13.2 Å². The van der Waals surface area contributed by atoms with Gasteiger partial charge in [0.25, 0.3) is 0 Å². The Bertz CT molecular complexity index is 835. The molecule has 1 saturated carbocycles. The molecule has 4 atom stereocenters. The third-order valence-electron chi connectivity index (χ3n) is 5.57. The number of carbonyl (C=O) groups excluding carboxylic acids is 1. The Balaban J connectivity index is 1.61. The van der Waals surface area contributed by atoms with Crippen molar-refractivity contribution in [2.45, 2.75) is 38.4 Å². The molecule has 0 radical (unpaired) electrons. The summed E-state index contributed by atoms with van der Waals surface area (Å²) >= 11 is 5.42. The van der Waals surface area contributed by atoms with Crippen LogP contribution in [0.25, 0.3) is 11.1 Å². The van der Waals surface area contributed by atoms with Crippen LogP contribution in [-0.4, -0.2) is 17.5 Å². The molecule has 0 aliphatic heterocycles. The maximum absolute atomic E-state index is 12.6. The van der Waals surface area contributed by atoms with Crippen molar-refractivity contribution in [2.75, 3.05) is 0 Å². The topological polar surface area (TPSA) is 26.3 Å². The van der Waals surface area contributed by atoms with Gasteiger partial charge in [-0.3, -0.25) is 4.79 Å². The molecule has 2 aromatic carbocycles. The van der Waals surface area contributed by atoms with Crippen LogP contribution in [0.5, 0.6) is 0 Å². The van der Waals surface area contributed by atoms with Gasteiger partial charge in [-0.05, 0) is 47.4 Å². The fourth-order valence-electron chi connectivity index (χ4n) is 3.68. The Morgan fingerprint density at radius 1 is 1.14 bits per heavy atom. The normalized spacial score (nSPS) is 22.6. The Hall–Kier alpha value is -2.01. The number of halogens is 4. The van der Waals surface area contributed by atoms with Crippen LogP contribution in [0.2, 0.25) is 0 Å². The summed E-state index contributed by atoms with van der Waals surface area (Å²) in [6, 6.07) is 15.7. The number of benzene rings is 2. The van der Waals surface area contributed by atoms with E-state index in [1.807, 2.05) is 55.5 Å². The lowest BCUT2D eigenvalue weighted by molar-refractivity contribution is -0.148. The first-order chi connectivity index (χ1) is 13.2. The van der Waals surface area contributed by atoms with Crippen LogP contribution in [0.15, 0.2) is 48.5 Å². The van der Waals surface area contributed by atoms with Gasteiger partial charge in [0.1, 0.15) is 12.0 Å². The van der Waals surface area contributed by atoms with Crippen molar-refractivity contribution in [1.29, 1.82) is 0 Å². The predicted molar refractivity (Wildman–Crippen MR) is 103 cm³/mol. The highest BCUT2D eigenvalue weighted by Gasteiger charge is 2.55. The van der Waals surface area contributed by atoms with Gasteiger partial charge in [0.05, 0.1) is 5.92 Å². The predicted octanol–water partition coefficient (Wildman–Crippen LogP) is 6.15. The summed E-state index contributed by atoms with van der Waals surface area (Å²) in [6.45, 7) is 3.83. The van der Waals surface area contributed by atoms with Gasteiger partial charge >= 0.3 is 12.1 Å². The summed E-state index contributed by atoms with van der Waals surface area (Å²) in [4.78, 5) is 12.4. The van der Waals surface area contributed by atoms with E-state index < -0.39 is 23.4 Å². The summed E-state index contributed by atoms with van der Waals surface area (Å²) in [5.41, 5.74) is 4.02. The van der Waals surface area contributed by atoms with E-state index in [0.717, 1.165) is 22.3 Å². The Morgan fingerprint density at radius 3 is 2.46 bits per heavy atom. The SMILES string of the molecule is Cc1c(COC(=O)[C@@H]2C(C)[C@@H]2CC(Cl)C(F)(F)F)cccc1-c1ccccc1. The van der Waals surface area contributed by atoms with E-state index in [4.69, 9.17) is 16.3 Å². The van der Waals surface area contributed by atoms with Crippen molar-refractivity contribution in [1.82, 2.24) is 0 Å². The second-order valence-corrected chi connectivity index (χ2v) is 7.88. The first-order valence-electron chi connectivity index (χ1n) is 9.21. The lowest BCUT2D eigenvalue weighted by Gasteiger charge is -2.13. The van der Waals surface area contributed by atoms with Gasteiger partial charge in [0.15, 0.2) is 0 Å². The minimum atomic E-state index is -4.45. The molecule has 2 nitrogen and oxygen atoms in total. The summed E-state index contributed by atoms with van der Waals surface area (Å²) in [5.74, 6) is -1.49. The Labute approximate surface area is 167 Å². The molecule has 150 valence electrons. The monoisotopic (exact) mass is 410 g/mol. The third kappa shape index (κ3) is 4.52. The average Bonchev–Trinajstić information content (AvgIpc) is 3.29. The van der Waals surface area contributed by atoms with Crippen LogP contribution in [0.3, 0.4) is 0 Å². The summed E-state index contributed by atoms with van der Waals surface area (Å²) < 4.78 is 43.3. The number of hydrogen-bond donors (Lipinski definition) is 0. The van der Waals surface area contributed by atoms with E-state index in [-0.39, 0.29) is 24.9 Å². The first-order valence-corrected chi connectivity index (χ1v) is 9.65. The van der Waals surface area contributed by atoms with Crippen LogP contribution < -0.4 is 0 Å². The van der Waals surface area contributed by atoms with Crippen molar-refractivity contribution in [3.8, 4) is 11.1 Å². The highest BCUT2D eigenvalue weighted by Crippen LogP contribution is 2.51. The fraction of sp³-hybridized carbons (Fsp3) is 0.409. The molecular weight excluding hydrogens is 389 g/mol. The van der Waals surface area contributed by atoms with E-state index >= 15 is 0 Å². The van der Waals surface area contributed by atoms with Gasteiger partial charge in [-0.1, -0.05) is 55.5 Å². The molecule has 2 unspecified atom stereocenters. The van der Waals surface area contributed by atoms with Crippen molar-refractivity contribution in [3.63, 3.8) is 0 Å². The maximum atomic E-state index is 12.6. The van der Waals surface area contributed by atoms with E-state index in [1.54, 1.807) is 6.92 Å². The molecule has 0 N–H and O–H groups in total. The number of carbonyl (C=O) groups is 1. The first kappa shape index (κ1) is 20.7. The number of esters is 1. The van der Waals surface area contributed by atoms with E-state index in [0.29, 0.717) is 0 Å². The Morgan fingerprint density at radius 2 is 1.82 bits per heavy atom. The van der Waals surface area contributed by atoms with E-state index in [1.165, 1.54) is 0 Å². The standard InChI is InChI=1S/C22H22ClF3O2/c1-13-16(9-6-10-17(13)15-7-4-3-5-8-15)12-28-21(27)20-14(2)18(20)11-19(23)22(24,25)26/h3-10,14,18-20H,11-12H2,1-2H3/t14?,18-,19?,20+/m0/s1. The molecular formula is C22H22ClF3O2. The van der Waals surface area contributed by atoms with Crippen LogP contribution >= 0.6 is 11.6 Å². The lowest BCUT2D eigenvalue weighted by atomic mass is 9.97. The third-order valence-corrected chi connectivity index (χ3v) is 5.99. The number of rotatable bonds is 6. The highest BCUT2D eigenvalue weighted by atomic mass is 35.5. The summed E-state index contributed by atoms with van der Waals surface area (Å²) in [7, 11) is 0. The molecule has 1 aliphatic carbocycles. The highest BCUT2D eigenvalue weighted by molar-refractivity contribution is 6.21. The van der Waals surface area contributed by atoms with Gasteiger partial charge in [-0.25, -0.2) is 0 Å². The molecule has 2 aromatic rings. The Kier molecular flexibility index (Phi) is 6.04. The van der Waals surface area contributed by atoms with E-state index in [9.17, 15) is 18.0 Å². The second kappa shape index (κ2) is 8.16. The zero-order chi connectivity index (χ0) is 20.5. The molecule has 0 saturated heterocycles. The quantitative estimate of drug-likeness (QED) is 0.422. The molecule has 0 spiro atoms. The molecule has 6 heteroatoms. The van der Waals surface area contributed by atoms with Gasteiger partial charge < -0.3 is 4.74 Å². The van der Waals surface area contributed by atoms with Crippen molar-refractivity contribution >= 4 is 17.6 Å². The van der Waals surface area contributed by atoms with Gasteiger partial charge in [-0.15, -0.1) is 11.6 Å². The second-order valence-electron chi connectivity index (χ2n) is 7.36. The van der Waals surface area contributed by atoms with Gasteiger partial charge in [0.2, 0.25) is 0 Å². The molecule has 1 aliphatic rings. The maximum Gasteiger partial charge on any atom is 0.404 e. The van der Waals surface area contributed by atoms with Gasteiger partial charge in [0, 0.05) is 0 Å². The molecule has 0 heterocycles. The van der Waals surface area contributed by atoms with Crippen molar-refractivity contribution in [2.24, 2.45) is 17.8 Å². The smallest absolute Gasteiger partial charge is 0.404 e. The number of alkyl halides is 4. The lowest BCUT2D eigenvalue weighted by Crippen LogP contribution is -2.24. The van der Waals surface area contributed by atoms with Crippen LogP contribution in [0, 0.1) is 24.7 Å². The number of hydrogen-bond acceptors (Lipinski definition) is 2. The summed E-state index contributed by atoms with van der Waals surface area (Å²) in [5, 5.41) is -1.93. The van der Waals surface area contributed by atoms with Crippen LogP contribution in [-0.2, 0) is 16.1 Å². The molecule has 0 aromatic heterocycles. The molecule has 0 bridgehead atoms. The van der Waals surface area contributed by atoms with Crippen molar-refractivity contribution in [3.05, 3.63) is 59.7 Å². The fourth-order valence-corrected chi connectivity index (χ4v) is 3.89. The molecule has 1 fully saturated rings. The molecule has 0 amide bonds. The van der Waals surface area contributed by atoms with Crippen LogP contribution in [0.4, 0.5) is 13.2 Å². The zero-order valence-corrected chi connectivity index (χ0v) is 16.4. The minimum Gasteiger partial charge on any atom is -0.461 e. The molecule has 3 rings (SSSR count). The largest absolute Gasteiger partial charge is 0.461 e.